The molecule has 0 aliphatic carbocycles. The van der Waals surface area contributed by atoms with Crippen LogP contribution in [-0.4, -0.2) is 27.6 Å². The van der Waals surface area contributed by atoms with Crippen LogP contribution in [0.15, 0.2) is 34.9 Å². The second-order valence-corrected chi connectivity index (χ2v) is 5.99. The molecule has 0 radical (unpaired) electrons. The van der Waals surface area contributed by atoms with Gasteiger partial charge >= 0.3 is 0 Å². The topological polar surface area (TPSA) is 55.9 Å². The lowest BCUT2D eigenvalue weighted by atomic mass is 9.94. The van der Waals surface area contributed by atoms with Crippen molar-refractivity contribution in [3.63, 3.8) is 0 Å². The van der Waals surface area contributed by atoms with E-state index in [1.807, 2.05) is 37.4 Å². The maximum absolute atomic E-state index is 5.84. The first kappa shape index (κ1) is 13.5. The third-order valence-electron chi connectivity index (χ3n) is 4.36. The molecule has 1 fully saturated rings. The van der Waals surface area contributed by atoms with Gasteiger partial charge in [-0.3, -0.25) is 0 Å². The number of imidazole rings is 1. The molecular weight excluding hydrogens is 276 g/mol. The number of aromatic nitrogens is 3. The first-order valence-corrected chi connectivity index (χ1v) is 7.91. The molecule has 0 unspecified atom stereocenters. The van der Waals surface area contributed by atoms with Crippen molar-refractivity contribution >= 4 is 11.2 Å². The summed E-state index contributed by atoms with van der Waals surface area (Å²) >= 11 is 0. The van der Waals surface area contributed by atoms with E-state index < -0.39 is 0 Å². The van der Waals surface area contributed by atoms with Gasteiger partial charge in [0.2, 0.25) is 5.88 Å². The second-order valence-electron chi connectivity index (χ2n) is 5.99. The fraction of sp³-hybridized carbons (Fsp3) is 0.412. The van der Waals surface area contributed by atoms with Crippen molar-refractivity contribution in [3.05, 3.63) is 42.0 Å². The Hall–Kier alpha value is -2.14. The molecule has 1 aliphatic heterocycles. The van der Waals surface area contributed by atoms with E-state index >= 15 is 0 Å². The summed E-state index contributed by atoms with van der Waals surface area (Å²) in [5, 5.41) is 3.42. The Kier molecular flexibility index (Phi) is 3.42. The number of nitrogens with zero attached hydrogens (tertiary/aromatic N) is 3. The van der Waals surface area contributed by atoms with E-state index in [-0.39, 0.29) is 0 Å². The van der Waals surface area contributed by atoms with Gasteiger partial charge in [-0.25, -0.2) is 14.5 Å². The molecule has 1 aliphatic rings. The van der Waals surface area contributed by atoms with Crippen LogP contribution in [-0.2, 0) is 6.42 Å². The van der Waals surface area contributed by atoms with Gasteiger partial charge in [0.15, 0.2) is 5.65 Å². The highest BCUT2D eigenvalue weighted by Crippen LogP contribution is 2.25. The zero-order valence-electron chi connectivity index (χ0n) is 12.7. The van der Waals surface area contributed by atoms with Crippen LogP contribution in [0.25, 0.3) is 17.0 Å². The fourth-order valence-corrected chi connectivity index (χ4v) is 3.21. The van der Waals surface area contributed by atoms with E-state index in [4.69, 9.17) is 9.40 Å². The van der Waals surface area contributed by atoms with Crippen LogP contribution in [0.2, 0.25) is 0 Å². The van der Waals surface area contributed by atoms with Crippen molar-refractivity contribution in [2.75, 3.05) is 13.1 Å². The first-order chi connectivity index (χ1) is 10.8. The molecule has 0 saturated carbocycles. The molecule has 1 saturated heterocycles. The molecule has 5 nitrogen and oxygen atoms in total. The zero-order valence-corrected chi connectivity index (χ0v) is 12.7. The summed E-state index contributed by atoms with van der Waals surface area (Å²) in [5.74, 6) is 3.44. The minimum absolute atomic E-state index is 0.674. The fourth-order valence-electron chi connectivity index (χ4n) is 3.21. The average molecular weight is 296 g/mol. The molecule has 0 spiro atoms. The number of fused-ring (bicyclic) bond motifs is 1. The van der Waals surface area contributed by atoms with Gasteiger partial charge in [0.25, 0.3) is 0 Å². The molecule has 0 atom stereocenters. The molecule has 22 heavy (non-hydrogen) atoms. The van der Waals surface area contributed by atoms with Crippen LogP contribution in [0.4, 0.5) is 0 Å². The lowest BCUT2D eigenvalue weighted by Crippen LogP contribution is -2.29. The summed E-state index contributed by atoms with van der Waals surface area (Å²) in [4.78, 5) is 9.32. The quantitative estimate of drug-likeness (QED) is 0.807. The number of piperidine rings is 1. The van der Waals surface area contributed by atoms with Gasteiger partial charge in [-0.05, 0) is 57.0 Å². The third kappa shape index (κ3) is 2.41. The van der Waals surface area contributed by atoms with E-state index in [2.05, 4.69) is 14.9 Å². The van der Waals surface area contributed by atoms with Crippen molar-refractivity contribution in [3.8, 4) is 5.88 Å². The van der Waals surface area contributed by atoms with Crippen molar-refractivity contribution < 1.29 is 4.42 Å². The molecule has 4 rings (SSSR count). The van der Waals surface area contributed by atoms with Gasteiger partial charge in [0.1, 0.15) is 17.1 Å². The molecule has 0 bridgehead atoms. The van der Waals surface area contributed by atoms with Gasteiger partial charge < -0.3 is 9.73 Å². The first-order valence-electron chi connectivity index (χ1n) is 7.91. The summed E-state index contributed by atoms with van der Waals surface area (Å²) < 4.78 is 7.91. The molecule has 0 amide bonds. The normalized spacial score (nSPS) is 16.4. The second kappa shape index (κ2) is 5.57. The van der Waals surface area contributed by atoms with Gasteiger partial charge in [-0.2, -0.15) is 0 Å². The molecule has 1 N–H and O–H groups in total. The number of pyridine rings is 1. The van der Waals surface area contributed by atoms with Crippen LogP contribution in [0.3, 0.4) is 0 Å². The number of aryl methyl sites for hydroxylation is 1. The number of nitrogens with one attached hydrogen (secondary N) is 1. The largest absolute Gasteiger partial charge is 0.445 e. The monoisotopic (exact) mass is 296 g/mol. The summed E-state index contributed by atoms with van der Waals surface area (Å²) in [6.07, 6.45) is 5.18. The highest BCUT2D eigenvalue weighted by atomic mass is 16.4. The van der Waals surface area contributed by atoms with E-state index in [1.54, 1.807) is 0 Å². The SMILES string of the molecule is Cc1ccc(-n2c(CC3CCNCC3)nc3cccnc32)o1. The van der Waals surface area contributed by atoms with Gasteiger partial charge in [0, 0.05) is 18.7 Å². The maximum atomic E-state index is 5.84. The summed E-state index contributed by atoms with van der Waals surface area (Å²) in [7, 11) is 0. The van der Waals surface area contributed by atoms with Crippen LogP contribution in [0, 0.1) is 12.8 Å². The minimum Gasteiger partial charge on any atom is -0.445 e. The summed E-state index contributed by atoms with van der Waals surface area (Å²) in [6, 6.07) is 7.93. The van der Waals surface area contributed by atoms with Crippen molar-refractivity contribution in [1.29, 1.82) is 0 Å². The maximum Gasteiger partial charge on any atom is 0.206 e. The zero-order chi connectivity index (χ0) is 14.9. The van der Waals surface area contributed by atoms with Crippen LogP contribution >= 0.6 is 0 Å². The number of rotatable bonds is 3. The van der Waals surface area contributed by atoms with Crippen LogP contribution < -0.4 is 5.32 Å². The lowest BCUT2D eigenvalue weighted by Gasteiger charge is -2.22. The van der Waals surface area contributed by atoms with Crippen LogP contribution in [0.1, 0.15) is 24.4 Å². The number of furan rings is 1. The van der Waals surface area contributed by atoms with Crippen molar-refractivity contribution in [2.24, 2.45) is 5.92 Å². The molecule has 4 heterocycles. The molecule has 114 valence electrons. The highest BCUT2D eigenvalue weighted by Gasteiger charge is 2.20. The summed E-state index contributed by atoms with van der Waals surface area (Å²) in [5.41, 5.74) is 1.81. The molecule has 3 aromatic rings. The Bertz CT molecular complexity index is 783. The van der Waals surface area contributed by atoms with E-state index in [0.29, 0.717) is 5.92 Å². The Morgan fingerprint density at radius 1 is 1.27 bits per heavy atom. The standard InChI is InChI=1S/C17H20N4O/c1-12-4-5-16(22-12)21-15(11-13-6-9-18-10-7-13)20-14-3-2-8-19-17(14)21/h2-5,8,13,18H,6-7,9-11H2,1H3. The van der Waals surface area contributed by atoms with Crippen molar-refractivity contribution in [1.82, 2.24) is 19.9 Å². The minimum atomic E-state index is 0.674. The Labute approximate surface area is 129 Å². The van der Waals surface area contributed by atoms with Gasteiger partial charge in [-0.15, -0.1) is 0 Å². The number of hydrogen-bond acceptors (Lipinski definition) is 4. The van der Waals surface area contributed by atoms with Crippen molar-refractivity contribution in [2.45, 2.75) is 26.2 Å². The predicted octanol–water partition coefficient (Wildman–Crippen LogP) is 2.86. The smallest absolute Gasteiger partial charge is 0.206 e. The van der Waals surface area contributed by atoms with Gasteiger partial charge in [-0.1, -0.05) is 0 Å². The number of hydrogen-bond donors (Lipinski definition) is 1. The van der Waals surface area contributed by atoms with E-state index in [1.165, 1.54) is 12.8 Å². The van der Waals surface area contributed by atoms with E-state index in [9.17, 15) is 0 Å². The third-order valence-corrected chi connectivity index (χ3v) is 4.36. The van der Waals surface area contributed by atoms with E-state index in [0.717, 1.165) is 48.1 Å². The average Bonchev–Trinajstić information content (AvgIpc) is 3.11. The molecule has 5 heteroatoms. The Balaban J connectivity index is 1.79. The molecule has 3 aromatic heterocycles. The summed E-state index contributed by atoms with van der Waals surface area (Å²) in [6.45, 7) is 4.16. The highest BCUT2D eigenvalue weighted by molar-refractivity contribution is 5.73. The molecule has 0 aromatic carbocycles. The molecular formula is C17H20N4O. The Morgan fingerprint density at radius 3 is 2.91 bits per heavy atom. The van der Waals surface area contributed by atoms with Gasteiger partial charge in [0.05, 0.1) is 0 Å². The lowest BCUT2D eigenvalue weighted by molar-refractivity contribution is 0.364. The Morgan fingerprint density at radius 2 is 2.14 bits per heavy atom. The predicted molar refractivity (Wildman–Crippen MR) is 85.2 cm³/mol. The van der Waals surface area contributed by atoms with Crippen LogP contribution in [0.5, 0.6) is 0 Å².